The summed E-state index contributed by atoms with van der Waals surface area (Å²) in [4.78, 5) is 4.26. The number of anilines is 1. The third kappa shape index (κ3) is 5.32. The summed E-state index contributed by atoms with van der Waals surface area (Å²) in [6.07, 6.45) is 6.29. The van der Waals surface area contributed by atoms with Crippen molar-refractivity contribution in [2.75, 3.05) is 31.0 Å². The average molecular weight is 259 g/mol. The molecule has 0 amide bonds. The van der Waals surface area contributed by atoms with E-state index in [1.807, 2.05) is 10.8 Å². The van der Waals surface area contributed by atoms with E-state index in [1.165, 1.54) is 0 Å². The fraction of sp³-hybridized carbons (Fsp3) is 0.727. The van der Waals surface area contributed by atoms with Crippen LogP contribution in [0, 0.1) is 0 Å². The number of nitrogens with one attached hydrogen (secondary N) is 1. The molecule has 2 unspecified atom stereocenters. The highest BCUT2D eigenvalue weighted by Crippen LogP contribution is 2.07. The monoisotopic (exact) mass is 259 g/mol. The van der Waals surface area contributed by atoms with Crippen molar-refractivity contribution in [1.82, 2.24) is 9.55 Å². The lowest BCUT2D eigenvalue weighted by Crippen LogP contribution is -2.21. The van der Waals surface area contributed by atoms with Gasteiger partial charge in [-0.25, -0.2) is 4.98 Å². The fourth-order valence-electron chi connectivity index (χ4n) is 1.45. The first-order chi connectivity index (χ1) is 8.13. The standard InChI is InChI=1S/C11H21N3O2S/c1-10(4-9-17(3)15)13-11-12-5-6-14(11)7-8-16-2/h5-6,10H,4,7-9H2,1-3H3,(H,12,13). The molecule has 0 aliphatic carbocycles. The van der Waals surface area contributed by atoms with Gasteiger partial charge in [0.1, 0.15) is 0 Å². The Bertz CT molecular complexity index is 354. The zero-order chi connectivity index (χ0) is 12.7. The van der Waals surface area contributed by atoms with Gasteiger partial charge in [0.25, 0.3) is 0 Å². The van der Waals surface area contributed by atoms with Gasteiger partial charge in [0, 0.05) is 54.9 Å². The first-order valence-corrected chi connectivity index (χ1v) is 7.43. The van der Waals surface area contributed by atoms with Crippen LogP contribution in [0.15, 0.2) is 12.4 Å². The number of rotatable bonds is 8. The minimum absolute atomic E-state index is 0.266. The van der Waals surface area contributed by atoms with Crippen molar-refractivity contribution < 1.29 is 8.95 Å². The molecule has 0 aromatic carbocycles. The van der Waals surface area contributed by atoms with Crippen molar-refractivity contribution in [1.29, 1.82) is 0 Å². The highest BCUT2D eigenvalue weighted by molar-refractivity contribution is 7.84. The largest absolute Gasteiger partial charge is 0.383 e. The highest BCUT2D eigenvalue weighted by Gasteiger charge is 2.07. The summed E-state index contributed by atoms with van der Waals surface area (Å²) in [5, 5.41) is 3.32. The van der Waals surface area contributed by atoms with E-state index in [1.54, 1.807) is 19.6 Å². The minimum Gasteiger partial charge on any atom is -0.383 e. The molecule has 17 heavy (non-hydrogen) atoms. The van der Waals surface area contributed by atoms with Gasteiger partial charge in [-0.05, 0) is 13.3 Å². The molecule has 1 aromatic heterocycles. The number of aromatic nitrogens is 2. The van der Waals surface area contributed by atoms with E-state index >= 15 is 0 Å². The number of hydrogen-bond donors (Lipinski definition) is 1. The van der Waals surface area contributed by atoms with E-state index in [-0.39, 0.29) is 6.04 Å². The second-order valence-electron chi connectivity index (χ2n) is 4.05. The van der Waals surface area contributed by atoms with Crippen LogP contribution in [-0.4, -0.2) is 45.5 Å². The Labute approximate surface area is 105 Å². The number of ether oxygens (including phenoxy) is 1. The molecule has 1 rings (SSSR count). The van der Waals surface area contributed by atoms with Crippen molar-refractivity contribution in [3.05, 3.63) is 12.4 Å². The molecule has 0 fully saturated rings. The Balaban J connectivity index is 2.44. The SMILES string of the molecule is COCCn1ccnc1NC(C)CCS(C)=O. The first kappa shape index (κ1) is 14.2. The van der Waals surface area contributed by atoms with Gasteiger partial charge in [-0.2, -0.15) is 0 Å². The van der Waals surface area contributed by atoms with Gasteiger partial charge in [-0.1, -0.05) is 0 Å². The lowest BCUT2D eigenvalue weighted by molar-refractivity contribution is 0.187. The Morgan fingerprint density at radius 1 is 1.65 bits per heavy atom. The molecule has 0 bridgehead atoms. The maximum Gasteiger partial charge on any atom is 0.203 e. The maximum atomic E-state index is 11.0. The summed E-state index contributed by atoms with van der Waals surface area (Å²) in [6, 6.07) is 0.266. The predicted octanol–water partition coefficient (Wildman–Crippen LogP) is 1.10. The van der Waals surface area contributed by atoms with Gasteiger partial charge < -0.3 is 14.6 Å². The molecule has 1 aromatic rings. The molecule has 0 spiro atoms. The summed E-state index contributed by atoms with van der Waals surface area (Å²) < 4.78 is 18.1. The topological polar surface area (TPSA) is 56.1 Å². The maximum absolute atomic E-state index is 11.0. The molecular weight excluding hydrogens is 238 g/mol. The van der Waals surface area contributed by atoms with Crippen LogP contribution in [0.1, 0.15) is 13.3 Å². The van der Waals surface area contributed by atoms with Gasteiger partial charge >= 0.3 is 0 Å². The molecular formula is C11H21N3O2S. The van der Waals surface area contributed by atoms with Crippen LogP contribution in [0.25, 0.3) is 0 Å². The van der Waals surface area contributed by atoms with Crippen molar-refractivity contribution >= 4 is 16.7 Å². The Hall–Kier alpha value is -0.880. The van der Waals surface area contributed by atoms with Crippen molar-refractivity contribution in [2.45, 2.75) is 25.9 Å². The Morgan fingerprint density at radius 3 is 3.06 bits per heavy atom. The lowest BCUT2D eigenvalue weighted by atomic mass is 10.3. The van der Waals surface area contributed by atoms with Gasteiger partial charge in [0.15, 0.2) is 0 Å². The normalized spacial score (nSPS) is 14.5. The predicted molar refractivity (Wildman–Crippen MR) is 70.7 cm³/mol. The fourth-order valence-corrected chi connectivity index (χ4v) is 2.14. The minimum atomic E-state index is -0.732. The van der Waals surface area contributed by atoms with Crippen molar-refractivity contribution in [2.24, 2.45) is 0 Å². The molecule has 1 N–H and O–H groups in total. The number of hydrogen-bond acceptors (Lipinski definition) is 4. The van der Waals surface area contributed by atoms with Crippen LogP contribution in [-0.2, 0) is 22.1 Å². The van der Waals surface area contributed by atoms with E-state index < -0.39 is 10.8 Å². The molecule has 5 nitrogen and oxygen atoms in total. The lowest BCUT2D eigenvalue weighted by Gasteiger charge is -2.15. The molecule has 1 heterocycles. The Kier molecular flexibility index (Phi) is 6.21. The smallest absolute Gasteiger partial charge is 0.203 e. The number of nitrogens with zero attached hydrogens (tertiary/aromatic N) is 2. The summed E-state index contributed by atoms with van der Waals surface area (Å²) >= 11 is 0. The molecule has 0 saturated heterocycles. The highest BCUT2D eigenvalue weighted by atomic mass is 32.2. The van der Waals surface area contributed by atoms with Gasteiger partial charge in [-0.3, -0.25) is 4.21 Å². The van der Waals surface area contributed by atoms with Gasteiger partial charge in [-0.15, -0.1) is 0 Å². The first-order valence-electron chi connectivity index (χ1n) is 5.70. The third-order valence-electron chi connectivity index (χ3n) is 2.47. The number of methoxy groups -OCH3 is 1. The summed E-state index contributed by atoms with van der Waals surface area (Å²) in [7, 11) is 0.952. The summed E-state index contributed by atoms with van der Waals surface area (Å²) in [5.74, 6) is 1.56. The molecule has 0 saturated carbocycles. The Morgan fingerprint density at radius 2 is 2.41 bits per heavy atom. The van der Waals surface area contributed by atoms with Crippen LogP contribution < -0.4 is 5.32 Å². The molecule has 6 heteroatoms. The summed E-state index contributed by atoms with van der Waals surface area (Å²) in [6.45, 7) is 3.52. The van der Waals surface area contributed by atoms with Gasteiger partial charge in [0.2, 0.25) is 5.95 Å². The van der Waals surface area contributed by atoms with E-state index in [0.717, 1.165) is 18.9 Å². The molecule has 98 valence electrons. The van der Waals surface area contributed by atoms with Crippen molar-refractivity contribution in [3.8, 4) is 0 Å². The van der Waals surface area contributed by atoms with E-state index in [0.29, 0.717) is 12.4 Å². The van der Waals surface area contributed by atoms with Crippen molar-refractivity contribution in [3.63, 3.8) is 0 Å². The second-order valence-corrected chi connectivity index (χ2v) is 5.60. The molecule has 0 radical (unpaired) electrons. The zero-order valence-electron chi connectivity index (χ0n) is 10.7. The van der Waals surface area contributed by atoms with Gasteiger partial charge in [0.05, 0.1) is 6.61 Å². The van der Waals surface area contributed by atoms with Crippen LogP contribution in [0.4, 0.5) is 5.95 Å². The summed E-state index contributed by atoms with van der Waals surface area (Å²) in [5.41, 5.74) is 0. The number of imidazole rings is 1. The van der Waals surface area contributed by atoms with Crippen LogP contribution in [0.3, 0.4) is 0 Å². The van der Waals surface area contributed by atoms with E-state index in [9.17, 15) is 4.21 Å². The zero-order valence-corrected chi connectivity index (χ0v) is 11.5. The van der Waals surface area contributed by atoms with Crippen LogP contribution in [0.5, 0.6) is 0 Å². The van der Waals surface area contributed by atoms with E-state index in [2.05, 4.69) is 17.2 Å². The molecule has 0 aliphatic rings. The van der Waals surface area contributed by atoms with Crippen LogP contribution >= 0.6 is 0 Å². The average Bonchev–Trinajstić information content (AvgIpc) is 2.71. The van der Waals surface area contributed by atoms with Crippen LogP contribution in [0.2, 0.25) is 0 Å². The molecule has 2 atom stereocenters. The van der Waals surface area contributed by atoms with E-state index in [4.69, 9.17) is 4.74 Å². The second kappa shape index (κ2) is 7.45. The third-order valence-corrected chi connectivity index (χ3v) is 3.28. The quantitative estimate of drug-likeness (QED) is 0.759. The molecule has 0 aliphatic heterocycles.